The topological polar surface area (TPSA) is 52.6 Å². The fourth-order valence-electron chi connectivity index (χ4n) is 1.72. The number of halogens is 1. The highest BCUT2D eigenvalue weighted by molar-refractivity contribution is 5.94. The predicted molar refractivity (Wildman–Crippen MR) is 65.0 cm³/mol. The van der Waals surface area contributed by atoms with Crippen molar-refractivity contribution in [1.82, 2.24) is 4.90 Å². The van der Waals surface area contributed by atoms with E-state index < -0.39 is 11.8 Å². The summed E-state index contributed by atoms with van der Waals surface area (Å²) in [5.74, 6) is -1.98. The molecule has 0 fully saturated rings. The first-order valence-corrected chi connectivity index (χ1v) is 5.35. The standard InChI is InChI=1S/C12H17FN2O2/c1-8(7-15(2)3)14-10-6-4-5-9(13)11(10)12(16)17/h4-6,8,14H,7H2,1-3H3,(H,16,17). The molecule has 0 radical (unpaired) electrons. The maximum Gasteiger partial charge on any atom is 0.340 e. The van der Waals surface area contributed by atoms with Crippen molar-refractivity contribution in [3.63, 3.8) is 0 Å². The van der Waals surface area contributed by atoms with Gasteiger partial charge in [-0.3, -0.25) is 0 Å². The lowest BCUT2D eigenvalue weighted by molar-refractivity contribution is 0.0693. The van der Waals surface area contributed by atoms with Crippen molar-refractivity contribution in [2.24, 2.45) is 0 Å². The first kappa shape index (κ1) is 13.4. The van der Waals surface area contributed by atoms with Gasteiger partial charge in [0.05, 0.1) is 5.69 Å². The molecule has 0 saturated carbocycles. The van der Waals surface area contributed by atoms with Gasteiger partial charge in [-0.2, -0.15) is 0 Å². The number of nitrogens with zero attached hydrogens (tertiary/aromatic N) is 1. The number of benzene rings is 1. The van der Waals surface area contributed by atoms with Crippen LogP contribution in [0.15, 0.2) is 18.2 Å². The molecular weight excluding hydrogens is 223 g/mol. The molecule has 0 spiro atoms. The number of rotatable bonds is 5. The first-order chi connectivity index (χ1) is 7.91. The molecule has 0 amide bonds. The Balaban J connectivity index is 2.91. The second kappa shape index (κ2) is 5.63. The van der Waals surface area contributed by atoms with Crippen molar-refractivity contribution < 1.29 is 14.3 Å². The molecule has 94 valence electrons. The van der Waals surface area contributed by atoms with Crippen LogP contribution < -0.4 is 5.32 Å². The quantitative estimate of drug-likeness (QED) is 0.825. The summed E-state index contributed by atoms with van der Waals surface area (Å²) in [5.41, 5.74) is 0.00459. The average Bonchev–Trinajstić information content (AvgIpc) is 2.15. The van der Waals surface area contributed by atoms with E-state index in [2.05, 4.69) is 5.32 Å². The zero-order valence-electron chi connectivity index (χ0n) is 10.2. The number of carboxylic acid groups (broad SMARTS) is 1. The van der Waals surface area contributed by atoms with Crippen molar-refractivity contribution in [1.29, 1.82) is 0 Å². The highest BCUT2D eigenvalue weighted by Crippen LogP contribution is 2.19. The van der Waals surface area contributed by atoms with Crippen molar-refractivity contribution in [2.45, 2.75) is 13.0 Å². The number of hydrogen-bond donors (Lipinski definition) is 2. The lowest BCUT2D eigenvalue weighted by atomic mass is 10.1. The molecule has 0 bridgehead atoms. The lowest BCUT2D eigenvalue weighted by Gasteiger charge is -2.20. The number of hydrogen-bond acceptors (Lipinski definition) is 3. The summed E-state index contributed by atoms with van der Waals surface area (Å²) in [7, 11) is 3.84. The Labute approximate surface area is 100 Å². The van der Waals surface area contributed by atoms with E-state index in [9.17, 15) is 9.18 Å². The smallest absolute Gasteiger partial charge is 0.340 e. The molecule has 5 heteroatoms. The van der Waals surface area contributed by atoms with Crippen LogP contribution >= 0.6 is 0 Å². The minimum absolute atomic E-state index is 0.0323. The van der Waals surface area contributed by atoms with Gasteiger partial charge in [0.2, 0.25) is 0 Å². The molecule has 1 unspecified atom stereocenters. The van der Waals surface area contributed by atoms with Crippen molar-refractivity contribution in [2.75, 3.05) is 26.0 Å². The fraction of sp³-hybridized carbons (Fsp3) is 0.417. The molecular formula is C12H17FN2O2. The number of anilines is 1. The van der Waals surface area contributed by atoms with E-state index in [1.165, 1.54) is 6.07 Å². The molecule has 1 aromatic carbocycles. The van der Waals surface area contributed by atoms with Gasteiger partial charge in [-0.15, -0.1) is 0 Å². The Morgan fingerprint density at radius 1 is 1.53 bits per heavy atom. The molecule has 1 atom stereocenters. The van der Waals surface area contributed by atoms with E-state index >= 15 is 0 Å². The second-order valence-corrected chi connectivity index (χ2v) is 4.28. The van der Waals surface area contributed by atoms with Crippen LogP contribution in [0.25, 0.3) is 0 Å². The van der Waals surface area contributed by atoms with Crippen LogP contribution in [0.2, 0.25) is 0 Å². The lowest BCUT2D eigenvalue weighted by Crippen LogP contribution is -2.30. The Bertz CT molecular complexity index is 407. The van der Waals surface area contributed by atoms with E-state index in [4.69, 9.17) is 5.11 Å². The summed E-state index contributed by atoms with van der Waals surface area (Å²) in [6.07, 6.45) is 0. The third kappa shape index (κ3) is 3.71. The molecule has 0 heterocycles. The second-order valence-electron chi connectivity index (χ2n) is 4.28. The Morgan fingerprint density at radius 2 is 2.18 bits per heavy atom. The van der Waals surface area contributed by atoms with Crippen LogP contribution in [-0.4, -0.2) is 42.7 Å². The van der Waals surface area contributed by atoms with Crippen molar-refractivity contribution >= 4 is 11.7 Å². The van der Waals surface area contributed by atoms with Crippen LogP contribution in [0, 0.1) is 5.82 Å². The molecule has 0 saturated heterocycles. The summed E-state index contributed by atoms with van der Waals surface area (Å²) in [6.45, 7) is 2.64. The maximum atomic E-state index is 13.4. The van der Waals surface area contributed by atoms with E-state index in [0.29, 0.717) is 5.69 Å². The number of nitrogens with one attached hydrogen (secondary N) is 1. The third-order valence-electron chi connectivity index (χ3n) is 2.27. The SMILES string of the molecule is CC(CN(C)C)Nc1cccc(F)c1C(=O)O. The molecule has 1 aromatic rings. The molecule has 17 heavy (non-hydrogen) atoms. The van der Waals surface area contributed by atoms with E-state index in [-0.39, 0.29) is 11.6 Å². The van der Waals surface area contributed by atoms with Crippen LogP contribution in [0.1, 0.15) is 17.3 Å². The summed E-state index contributed by atoms with van der Waals surface area (Å²) >= 11 is 0. The van der Waals surface area contributed by atoms with Gasteiger partial charge < -0.3 is 15.3 Å². The molecule has 0 aliphatic carbocycles. The summed E-state index contributed by atoms with van der Waals surface area (Å²) < 4.78 is 13.4. The van der Waals surface area contributed by atoms with Gasteiger partial charge in [-0.05, 0) is 33.2 Å². The number of likely N-dealkylation sites (N-methyl/N-ethyl adjacent to an activating group) is 1. The molecule has 0 aliphatic rings. The fourth-order valence-corrected chi connectivity index (χ4v) is 1.72. The first-order valence-electron chi connectivity index (χ1n) is 5.35. The summed E-state index contributed by atoms with van der Waals surface area (Å²) in [5, 5.41) is 12.0. The zero-order valence-corrected chi connectivity index (χ0v) is 10.2. The molecule has 2 N–H and O–H groups in total. The minimum Gasteiger partial charge on any atom is -0.478 e. The monoisotopic (exact) mass is 240 g/mol. The van der Waals surface area contributed by atoms with Gasteiger partial charge in [-0.25, -0.2) is 9.18 Å². The van der Waals surface area contributed by atoms with Crippen LogP contribution in [0.3, 0.4) is 0 Å². The minimum atomic E-state index is -1.26. The molecule has 0 aromatic heterocycles. The third-order valence-corrected chi connectivity index (χ3v) is 2.27. The summed E-state index contributed by atoms with van der Waals surface area (Å²) in [4.78, 5) is 12.9. The van der Waals surface area contributed by atoms with Gasteiger partial charge in [-0.1, -0.05) is 6.07 Å². The van der Waals surface area contributed by atoms with Crippen molar-refractivity contribution in [3.8, 4) is 0 Å². The van der Waals surface area contributed by atoms with Crippen molar-refractivity contribution in [3.05, 3.63) is 29.6 Å². The summed E-state index contributed by atoms with van der Waals surface area (Å²) in [6, 6.07) is 4.24. The van der Waals surface area contributed by atoms with Gasteiger partial charge in [0, 0.05) is 12.6 Å². The van der Waals surface area contributed by atoms with Gasteiger partial charge >= 0.3 is 5.97 Å². The van der Waals surface area contributed by atoms with Crippen LogP contribution in [0.4, 0.5) is 10.1 Å². The zero-order chi connectivity index (χ0) is 13.0. The Hall–Kier alpha value is -1.62. The predicted octanol–water partition coefficient (Wildman–Crippen LogP) is 1.89. The highest BCUT2D eigenvalue weighted by Gasteiger charge is 2.16. The van der Waals surface area contributed by atoms with E-state index in [0.717, 1.165) is 12.6 Å². The molecule has 4 nitrogen and oxygen atoms in total. The van der Waals surface area contributed by atoms with Crippen LogP contribution in [0.5, 0.6) is 0 Å². The normalized spacial score (nSPS) is 12.5. The Morgan fingerprint density at radius 3 is 2.71 bits per heavy atom. The van der Waals surface area contributed by atoms with E-state index in [1.54, 1.807) is 6.07 Å². The largest absolute Gasteiger partial charge is 0.478 e. The molecule has 0 aliphatic heterocycles. The molecule has 1 rings (SSSR count). The average molecular weight is 240 g/mol. The Kier molecular flexibility index (Phi) is 4.45. The highest BCUT2D eigenvalue weighted by atomic mass is 19.1. The maximum absolute atomic E-state index is 13.4. The number of aromatic carboxylic acids is 1. The number of carboxylic acids is 1. The van der Waals surface area contributed by atoms with Gasteiger partial charge in [0.15, 0.2) is 0 Å². The van der Waals surface area contributed by atoms with Gasteiger partial charge in [0.1, 0.15) is 11.4 Å². The van der Waals surface area contributed by atoms with E-state index in [1.807, 2.05) is 25.9 Å². The number of carbonyl (C=O) groups is 1. The van der Waals surface area contributed by atoms with Gasteiger partial charge in [0.25, 0.3) is 0 Å². The van der Waals surface area contributed by atoms with Crippen LogP contribution in [-0.2, 0) is 0 Å².